The van der Waals surface area contributed by atoms with Crippen molar-refractivity contribution in [3.05, 3.63) is 0 Å². The Morgan fingerprint density at radius 2 is 1.90 bits per heavy atom. The van der Waals surface area contributed by atoms with Crippen LogP contribution in [0.4, 0.5) is 0 Å². The van der Waals surface area contributed by atoms with Crippen molar-refractivity contribution < 1.29 is 4.79 Å². The van der Waals surface area contributed by atoms with E-state index in [2.05, 4.69) is 15.9 Å². The Kier molecular flexibility index (Phi) is 5.34. The van der Waals surface area contributed by atoms with E-state index in [0.717, 1.165) is 5.01 Å². The van der Waals surface area contributed by atoms with Crippen molar-refractivity contribution in [2.45, 2.75) is 18.2 Å². The van der Waals surface area contributed by atoms with Crippen molar-refractivity contribution in [1.29, 1.82) is 0 Å². The summed E-state index contributed by atoms with van der Waals surface area (Å²) in [6.07, 6.45) is 0. The predicted molar refractivity (Wildman–Crippen MR) is 47.2 cm³/mol. The molecule has 0 saturated heterocycles. The molecule has 0 aliphatic heterocycles. The summed E-state index contributed by atoms with van der Waals surface area (Å²) in [4.78, 5) is 10.9. The van der Waals surface area contributed by atoms with E-state index in [4.69, 9.17) is 5.84 Å². The molecular formula is C5H12BrClN2O. The van der Waals surface area contributed by atoms with Crippen LogP contribution in [0.15, 0.2) is 0 Å². The highest BCUT2D eigenvalue weighted by molar-refractivity contribution is 9.10. The van der Waals surface area contributed by atoms with Gasteiger partial charge in [0.2, 0.25) is 0 Å². The first-order valence-corrected chi connectivity index (χ1v) is 3.37. The fourth-order valence-corrected chi connectivity index (χ4v) is 0.699. The largest absolute Gasteiger partial charge is 0.283 e. The summed E-state index contributed by atoms with van der Waals surface area (Å²) in [7, 11) is 1.52. The van der Waals surface area contributed by atoms with E-state index >= 15 is 0 Å². The molecule has 3 nitrogen and oxygen atoms in total. The van der Waals surface area contributed by atoms with Gasteiger partial charge in [-0.3, -0.25) is 9.80 Å². The molecule has 1 amide bonds. The van der Waals surface area contributed by atoms with Crippen molar-refractivity contribution in [1.82, 2.24) is 5.01 Å². The Morgan fingerprint density at radius 3 is 1.90 bits per heavy atom. The number of hydrazine groups is 1. The first kappa shape index (κ1) is 12.8. The molecule has 0 unspecified atom stereocenters. The maximum Gasteiger partial charge on any atom is 0.252 e. The molecule has 0 rings (SSSR count). The van der Waals surface area contributed by atoms with Crippen molar-refractivity contribution in [3.63, 3.8) is 0 Å². The normalized spacial score (nSPS) is 10.1. The Balaban J connectivity index is 0. The summed E-state index contributed by atoms with van der Waals surface area (Å²) in [5.41, 5.74) is 0. The monoisotopic (exact) mass is 230 g/mol. The molecule has 0 aromatic carbocycles. The van der Waals surface area contributed by atoms with E-state index in [1.807, 2.05) is 0 Å². The Bertz CT molecular complexity index is 121. The quantitative estimate of drug-likeness (QED) is 0.316. The summed E-state index contributed by atoms with van der Waals surface area (Å²) in [6.45, 7) is 3.50. The van der Waals surface area contributed by atoms with E-state index < -0.39 is 4.32 Å². The van der Waals surface area contributed by atoms with Gasteiger partial charge in [-0.1, -0.05) is 15.9 Å². The Labute approximate surface area is 75.5 Å². The number of nitrogens with two attached hydrogens (primary N) is 1. The first-order chi connectivity index (χ1) is 3.85. The smallest absolute Gasteiger partial charge is 0.252 e. The van der Waals surface area contributed by atoms with E-state index in [9.17, 15) is 4.79 Å². The van der Waals surface area contributed by atoms with Gasteiger partial charge < -0.3 is 0 Å². The van der Waals surface area contributed by atoms with Gasteiger partial charge in [0.15, 0.2) is 0 Å². The molecule has 0 atom stereocenters. The summed E-state index contributed by atoms with van der Waals surface area (Å²) in [6, 6.07) is 0. The van der Waals surface area contributed by atoms with E-state index in [1.54, 1.807) is 13.8 Å². The van der Waals surface area contributed by atoms with Crippen LogP contribution in [0.25, 0.3) is 0 Å². The van der Waals surface area contributed by atoms with Gasteiger partial charge in [0.25, 0.3) is 5.91 Å². The van der Waals surface area contributed by atoms with Crippen molar-refractivity contribution in [2.75, 3.05) is 7.05 Å². The lowest BCUT2D eigenvalue weighted by Crippen LogP contribution is -2.43. The number of carbonyl (C=O) groups is 1. The number of amides is 1. The van der Waals surface area contributed by atoms with Crippen LogP contribution in [0.2, 0.25) is 0 Å². The minimum absolute atomic E-state index is 0. The highest BCUT2D eigenvalue weighted by Crippen LogP contribution is 2.16. The van der Waals surface area contributed by atoms with Crippen LogP contribution >= 0.6 is 28.3 Å². The maximum atomic E-state index is 10.9. The topological polar surface area (TPSA) is 46.3 Å². The molecule has 0 fully saturated rings. The Morgan fingerprint density at radius 1 is 1.60 bits per heavy atom. The van der Waals surface area contributed by atoms with Crippen molar-refractivity contribution in [2.24, 2.45) is 5.84 Å². The second-order valence-corrected chi connectivity index (χ2v) is 4.37. The molecule has 0 bridgehead atoms. The van der Waals surface area contributed by atoms with Crippen LogP contribution in [-0.4, -0.2) is 22.3 Å². The number of carbonyl (C=O) groups excluding carboxylic acids is 1. The molecule has 0 aromatic heterocycles. The molecule has 0 saturated carbocycles. The van der Waals surface area contributed by atoms with Gasteiger partial charge in [-0.15, -0.1) is 12.4 Å². The standard InChI is InChI=1S/C5H11BrN2O.ClH/c1-5(2,6)4(9)8(3)7;/h7H2,1-3H3;1H. The maximum absolute atomic E-state index is 10.9. The van der Waals surface area contributed by atoms with Crippen LogP contribution in [0.1, 0.15) is 13.8 Å². The fraction of sp³-hybridized carbons (Fsp3) is 0.800. The van der Waals surface area contributed by atoms with Crippen LogP contribution in [-0.2, 0) is 4.79 Å². The predicted octanol–water partition coefficient (Wildman–Crippen LogP) is 0.914. The molecule has 0 heterocycles. The third-order valence-electron chi connectivity index (χ3n) is 0.829. The average molecular weight is 232 g/mol. The number of halogens is 2. The molecule has 0 radical (unpaired) electrons. The third-order valence-corrected chi connectivity index (χ3v) is 1.17. The molecule has 0 aromatic rings. The molecule has 10 heavy (non-hydrogen) atoms. The van der Waals surface area contributed by atoms with Crippen LogP contribution < -0.4 is 5.84 Å². The summed E-state index contributed by atoms with van der Waals surface area (Å²) >= 11 is 3.17. The summed E-state index contributed by atoms with van der Waals surface area (Å²) < 4.78 is -0.545. The zero-order chi connectivity index (χ0) is 7.65. The molecule has 0 aliphatic rings. The Hall–Kier alpha value is 0.200. The SMILES string of the molecule is CN(N)C(=O)C(C)(C)Br.Cl. The van der Waals surface area contributed by atoms with E-state index in [1.165, 1.54) is 7.05 Å². The van der Waals surface area contributed by atoms with Gasteiger partial charge >= 0.3 is 0 Å². The zero-order valence-corrected chi connectivity index (χ0v) is 8.62. The second kappa shape index (κ2) is 4.16. The van der Waals surface area contributed by atoms with Gasteiger partial charge in [-0.25, -0.2) is 5.84 Å². The third kappa shape index (κ3) is 4.09. The second-order valence-electron chi connectivity index (χ2n) is 2.39. The lowest BCUT2D eigenvalue weighted by Gasteiger charge is -2.19. The molecule has 5 heteroatoms. The lowest BCUT2D eigenvalue weighted by atomic mass is 10.2. The van der Waals surface area contributed by atoms with Gasteiger partial charge in [0, 0.05) is 7.05 Å². The molecule has 0 spiro atoms. The fourth-order valence-electron chi connectivity index (χ4n) is 0.419. The lowest BCUT2D eigenvalue weighted by molar-refractivity contribution is -0.131. The van der Waals surface area contributed by atoms with Gasteiger partial charge in [0.1, 0.15) is 4.32 Å². The number of nitrogens with zero attached hydrogens (tertiary/aromatic N) is 1. The van der Waals surface area contributed by atoms with Gasteiger partial charge in [-0.05, 0) is 13.8 Å². The van der Waals surface area contributed by atoms with Gasteiger partial charge in [0.05, 0.1) is 0 Å². The number of alkyl halides is 1. The van der Waals surface area contributed by atoms with Crippen LogP contribution in [0, 0.1) is 0 Å². The molecule has 2 N–H and O–H groups in total. The minimum Gasteiger partial charge on any atom is -0.283 e. The molecular weight excluding hydrogens is 219 g/mol. The molecule has 0 aliphatic carbocycles. The van der Waals surface area contributed by atoms with Gasteiger partial charge in [-0.2, -0.15) is 0 Å². The molecule has 62 valence electrons. The van der Waals surface area contributed by atoms with E-state index in [0.29, 0.717) is 0 Å². The highest BCUT2D eigenvalue weighted by Gasteiger charge is 2.25. The summed E-state index contributed by atoms with van der Waals surface area (Å²) in [5, 5.41) is 1.06. The van der Waals surface area contributed by atoms with Crippen molar-refractivity contribution in [3.8, 4) is 0 Å². The minimum atomic E-state index is -0.545. The first-order valence-electron chi connectivity index (χ1n) is 2.57. The number of hydrogen-bond acceptors (Lipinski definition) is 2. The van der Waals surface area contributed by atoms with Crippen LogP contribution in [0.5, 0.6) is 0 Å². The average Bonchev–Trinajstić information content (AvgIpc) is 1.62. The zero-order valence-electron chi connectivity index (χ0n) is 6.22. The van der Waals surface area contributed by atoms with Crippen LogP contribution in [0.3, 0.4) is 0 Å². The summed E-state index contributed by atoms with van der Waals surface area (Å²) in [5.74, 6) is 5.04. The van der Waals surface area contributed by atoms with E-state index in [-0.39, 0.29) is 18.3 Å². The number of rotatable bonds is 1. The number of hydrogen-bond donors (Lipinski definition) is 1. The highest BCUT2D eigenvalue weighted by atomic mass is 79.9. The van der Waals surface area contributed by atoms with Crippen molar-refractivity contribution >= 4 is 34.2 Å².